The smallest absolute Gasteiger partial charge is 0.0565 e. The van der Waals surface area contributed by atoms with E-state index in [1.807, 2.05) is 0 Å². The summed E-state index contributed by atoms with van der Waals surface area (Å²) >= 11 is 4.80. The van der Waals surface area contributed by atoms with Crippen molar-refractivity contribution in [3.8, 4) is 0 Å². The van der Waals surface area contributed by atoms with Gasteiger partial charge in [-0.15, -0.1) is 0 Å². The fraction of sp³-hybridized carbons (Fsp3) is 1.00. The summed E-state index contributed by atoms with van der Waals surface area (Å²) in [6.07, 6.45) is 4.60. The Morgan fingerprint density at radius 1 is 0.944 bits per heavy atom. The Hall–Kier alpha value is 0.270. The fourth-order valence-electron chi connectivity index (χ4n) is 2.10. The number of rotatable bonds is 11. The quantitative estimate of drug-likeness (QED) is 0.518. The Morgan fingerprint density at radius 2 is 1.50 bits per heavy atom. The minimum atomic E-state index is 0.432. The van der Waals surface area contributed by atoms with E-state index < -0.39 is 0 Å². The van der Waals surface area contributed by atoms with Crippen LogP contribution in [0.25, 0.3) is 0 Å². The second-order valence-electron chi connectivity index (χ2n) is 6.29. The molecule has 0 aliphatic rings. The van der Waals surface area contributed by atoms with Gasteiger partial charge in [0.05, 0.1) is 6.61 Å². The molecule has 1 atom stereocenters. The summed E-state index contributed by atoms with van der Waals surface area (Å²) in [7, 11) is 0. The third-order valence-corrected chi connectivity index (χ3v) is 2.94. The number of hydrogen-bond donors (Lipinski definition) is 0. The summed E-state index contributed by atoms with van der Waals surface area (Å²) in [5.74, 6) is 1.45. The van der Waals surface area contributed by atoms with E-state index in [0.717, 1.165) is 38.6 Å². The molecule has 0 aliphatic carbocycles. The normalized spacial score (nSPS) is 13.8. The van der Waals surface area contributed by atoms with E-state index in [2.05, 4.69) is 27.7 Å². The molecule has 0 fully saturated rings. The SMILES string of the molecule is CC(CCOCCCCOCC[S])CC(C)(C)C. The highest BCUT2D eigenvalue weighted by Gasteiger charge is 2.14. The van der Waals surface area contributed by atoms with Gasteiger partial charge in [-0.25, -0.2) is 0 Å². The second kappa shape index (κ2) is 11.1. The first-order chi connectivity index (χ1) is 8.45. The van der Waals surface area contributed by atoms with Crippen molar-refractivity contribution in [2.45, 2.75) is 53.4 Å². The van der Waals surface area contributed by atoms with E-state index in [-0.39, 0.29) is 0 Å². The van der Waals surface area contributed by atoms with Crippen LogP contribution in [0.15, 0.2) is 0 Å². The molecule has 0 N–H and O–H groups in total. The van der Waals surface area contributed by atoms with Crippen LogP contribution in [0.5, 0.6) is 0 Å². The minimum Gasteiger partial charge on any atom is -0.381 e. The van der Waals surface area contributed by atoms with Gasteiger partial charge in [0.2, 0.25) is 0 Å². The molecular weight excluding hydrogens is 244 g/mol. The molecule has 2 nitrogen and oxygen atoms in total. The lowest BCUT2D eigenvalue weighted by Crippen LogP contribution is -2.13. The van der Waals surface area contributed by atoms with Gasteiger partial charge in [0.15, 0.2) is 0 Å². The second-order valence-corrected chi connectivity index (χ2v) is 6.70. The number of ether oxygens (including phenoxy) is 2. The van der Waals surface area contributed by atoms with E-state index in [4.69, 9.17) is 22.1 Å². The summed E-state index contributed by atoms with van der Waals surface area (Å²) in [6, 6.07) is 0. The van der Waals surface area contributed by atoms with Gasteiger partial charge in [0.25, 0.3) is 0 Å². The van der Waals surface area contributed by atoms with E-state index in [9.17, 15) is 0 Å². The van der Waals surface area contributed by atoms with Crippen molar-refractivity contribution in [3.63, 3.8) is 0 Å². The molecule has 0 rings (SSSR count). The van der Waals surface area contributed by atoms with Crippen molar-refractivity contribution in [1.29, 1.82) is 0 Å². The standard InChI is InChI=1S/C15H31O2S/c1-14(13-15(2,3)4)7-10-16-8-5-6-9-17-11-12-18/h14H,5-13H2,1-4H3. The maximum Gasteiger partial charge on any atom is 0.0565 e. The van der Waals surface area contributed by atoms with Gasteiger partial charge in [0.1, 0.15) is 0 Å². The molecule has 0 saturated carbocycles. The van der Waals surface area contributed by atoms with Crippen LogP contribution in [0, 0.1) is 11.3 Å². The van der Waals surface area contributed by atoms with Gasteiger partial charge < -0.3 is 9.47 Å². The fourth-order valence-corrected chi connectivity index (χ4v) is 2.22. The zero-order valence-electron chi connectivity index (χ0n) is 12.7. The van der Waals surface area contributed by atoms with Crippen LogP contribution in [0.2, 0.25) is 0 Å². The first-order valence-corrected chi connectivity index (χ1v) is 7.77. The molecule has 0 amide bonds. The van der Waals surface area contributed by atoms with Crippen LogP contribution in [-0.4, -0.2) is 32.2 Å². The highest BCUT2D eigenvalue weighted by Crippen LogP contribution is 2.25. The molecule has 0 spiro atoms. The maximum atomic E-state index is 5.65. The highest BCUT2D eigenvalue weighted by molar-refractivity contribution is 7.80. The van der Waals surface area contributed by atoms with Crippen LogP contribution in [0.1, 0.15) is 53.4 Å². The van der Waals surface area contributed by atoms with Crippen molar-refractivity contribution < 1.29 is 9.47 Å². The monoisotopic (exact) mass is 275 g/mol. The molecule has 0 bridgehead atoms. The van der Waals surface area contributed by atoms with E-state index in [1.165, 1.54) is 12.8 Å². The third-order valence-electron chi connectivity index (χ3n) is 2.77. The summed E-state index contributed by atoms with van der Waals surface area (Å²) < 4.78 is 11.0. The average molecular weight is 275 g/mol. The van der Waals surface area contributed by atoms with Crippen LogP contribution in [-0.2, 0) is 9.47 Å². The van der Waals surface area contributed by atoms with Gasteiger partial charge in [-0.3, -0.25) is 0 Å². The zero-order valence-corrected chi connectivity index (χ0v) is 13.5. The molecule has 0 heterocycles. The zero-order chi connectivity index (χ0) is 13.9. The molecular formula is C15H31O2S. The van der Waals surface area contributed by atoms with Crippen molar-refractivity contribution in [3.05, 3.63) is 0 Å². The number of unbranched alkanes of at least 4 members (excludes halogenated alkanes) is 1. The summed E-state index contributed by atoms with van der Waals surface area (Å²) in [6.45, 7) is 12.5. The Kier molecular flexibility index (Phi) is 11.3. The van der Waals surface area contributed by atoms with Gasteiger partial charge in [-0.1, -0.05) is 40.3 Å². The van der Waals surface area contributed by atoms with Gasteiger partial charge in [0, 0.05) is 25.6 Å². The van der Waals surface area contributed by atoms with E-state index in [0.29, 0.717) is 17.8 Å². The van der Waals surface area contributed by atoms with Crippen molar-refractivity contribution in [2.24, 2.45) is 11.3 Å². The Labute approximate surface area is 119 Å². The topological polar surface area (TPSA) is 18.5 Å². The lowest BCUT2D eigenvalue weighted by molar-refractivity contribution is 0.0979. The van der Waals surface area contributed by atoms with Gasteiger partial charge in [-0.05, 0) is 37.0 Å². The lowest BCUT2D eigenvalue weighted by atomic mass is 9.84. The van der Waals surface area contributed by atoms with Crippen LogP contribution in [0.3, 0.4) is 0 Å². The summed E-state index contributed by atoms with van der Waals surface area (Å²) in [5.41, 5.74) is 0.432. The highest BCUT2D eigenvalue weighted by atomic mass is 32.1. The van der Waals surface area contributed by atoms with E-state index >= 15 is 0 Å². The molecule has 3 heteroatoms. The third kappa shape index (κ3) is 14.3. The summed E-state index contributed by atoms with van der Waals surface area (Å²) in [5, 5.41) is 0. The lowest BCUT2D eigenvalue weighted by Gasteiger charge is -2.23. The van der Waals surface area contributed by atoms with Crippen molar-refractivity contribution >= 4 is 12.6 Å². The maximum absolute atomic E-state index is 5.65. The predicted octanol–water partition coefficient (Wildman–Crippen LogP) is 4.46. The molecule has 0 saturated heterocycles. The van der Waals surface area contributed by atoms with Crippen LogP contribution < -0.4 is 0 Å². The van der Waals surface area contributed by atoms with Gasteiger partial charge >= 0.3 is 0 Å². The van der Waals surface area contributed by atoms with Crippen LogP contribution >= 0.6 is 12.6 Å². The Balaban J connectivity index is 3.20. The van der Waals surface area contributed by atoms with Crippen molar-refractivity contribution in [2.75, 3.05) is 32.2 Å². The first kappa shape index (κ1) is 18.3. The molecule has 1 unspecified atom stereocenters. The van der Waals surface area contributed by atoms with Gasteiger partial charge in [-0.2, -0.15) is 0 Å². The molecule has 1 radical (unpaired) electrons. The molecule has 109 valence electrons. The van der Waals surface area contributed by atoms with Crippen molar-refractivity contribution in [1.82, 2.24) is 0 Å². The van der Waals surface area contributed by atoms with E-state index in [1.54, 1.807) is 0 Å². The predicted molar refractivity (Wildman–Crippen MR) is 81.2 cm³/mol. The Bertz CT molecular complexity index is 178. The molecule has 0 aromatic rings. The largest absolute Gasteiger partial charge is 0.381 e. The molecule has 0 aromatic carbocycles. The molecule has 0 aromatic heterocycles. The number of hydrogen-bond acceptors (Lipinski definition) is 2. The summed E-state index contributed by atoms with van der Waals surface area (Å²) in [4.78, 5) is 0. The Morgan fingerprint density at radius 3 is 2.00 bits per heavy atom. The minimum absolute atomic E-state index is 0.432. The average Bonchev–Trinajstić information content (AvgIpc) is 2.24. The molecule has 18 heavy (non-hydrogen) atoms. The first-order valence-electron chi connectivity index (χ1n) is 7.19. The molecule has 0 aliphatic heterocycles. The van der Waals surface area contributed by atoms with Crippen LogP contribution in [0.4, 0.5) is 0 Å².